The van der Waals surface area contributed by atoms with Crippen molar-refractivity contribution in [3.8, 4) is 27.4 Å². The highest BCUT2D eigenvalue weighted by molar-refractivity contribution is 7.22. The van der Waals surface area contributed by atoms with Crippen LogP contribution in [0, 0.1) is 0 Å². The van der Waals surface area contributed by atoms with Crippen LogP contribution < -0.4 is 0 Å². The van der Waals surface area contributed by atoms with Gasteiger partial charge in [0.1, 0.15) is 25.9 Å². The number of pyridine rings is 1. The maximum atomic E-state index is 10.4. The number of benzene rings is 2. The first-order chi connectivity index (χ1) is 14.4. The molecule has 3 aromatic heterocycles. The Balaban J connectivity index is 1.85. The zero-order chi connectivity index (χ0) is 21.0. The van der Waals surface area contributed by atoms with Crippen LogP contribution in [0.3, 0.4) is 0 Å². The van der Waals surface area contributed by atoms with E-state index < -0.39 is 0 Å². The number of phenolic OH excluding ortho intramolecular Hbond substituents is 1. The Bertz CT molecular complexity index is 1420. The van der Waals surface area contributed by atoms with Crippen molar-refractivity contribution in [2.45, 2.75) is 19.8 Å². The SMILES string of the molecule is CC(C)c1cc2c(-c3ccccc3Cl)c3nc(-c4ccc(Cl)cc4O)sc3nc2s1. The molecule has 0 aliphatic rings. The molecule has 5 aromatic rings. The summed E-state index contributed by atoms with van der Waals surface area (Å²) >= 11 is 15.8. The van der Waals surface area contributed by atoms with Gasteiger partial charge in [0.15, 0.2) is 0 Å². The summed E-state index contributed by atoms with van der Waals surface area (Å²) in [5.41, 5.74) is 3.35. The van der Waals surface area contributed by atoms with Crippen LogP contribution in [0.5, 0.6) is 5.75 Å². The van der Waals surface area contributed by atoms with Gasteiger partial charge in [0, 0.05) is 31.4 Å². The number of thiazole rings is 1. The van der Waals surface area contributed by atoms with Gasteiger partial charge in [-0.1, -0.05) is 66.6 Å². The van der Waals surface area contributed by atoms with Crippen LogP contribution in [0.4, 0.5) is 0 Å². The van der Waals surface area contributed by atoms with Crippen molar-refractivity contribution in [2.24, 2.45) is 0 Å². The number of fused-ring (bicyclic) bond motifs is 2. The van der Waals surface area contributed by atoms with E-state index in [1.165, 1.54) is 22.3 Å². The molecular weight excluding hydrogens is 455 g/mol. The van der Waals surface area contributed by atoms with Gasteiger partial charge in [-0.3, -0.25) is 0 Å². The number of nitrogens with zero attached hydrogens (tertiary/aromatic N) is 2. The van der Waals surface area contributed by atoms with E-state index in [4.69, 9.17) is 33.2 Å². The molecule has 150 valence electrons. The lowest BCUT2D eigenvalue weighted by Gasteiger charge is -2.07. The summed E-state index contributed by atoms with van der Waals surface area (Å²) in [5.74, 6) is 0.514. The maximum Gasteiger partial charge on any atom is 0.146 e. The van der Waals surface area contributed by atoms with E-state index in [0.29, 0.717) is 26.5 Å². The second-order valence-corrected chi connectivity index (χ2v) is 10.2. The average Bonchev–Trinajstić information content (AvgIpc) is 3.30. The van der Waals surface area contributed by atoms with Gasteiger partial charge in [-0.25, -0.2) is 9.97 Å². The van der Waals surface area contributed by atoms with Crippen molar-refractivity contribution in [3.63, 3.8) is 0 Å². The Kier molecular flexibility index (Phi) is 4.94. The van der Waals surface area contributed by atoms with Crippen molar-refractivity contribution < 1.29 is 5.11 Å². The summed E-state index contributed by atoms with van der Waals surface area (Å²) in [4.78, 5) is 12.9. The molecular formula is C23H16Cl2N2OS2. The Morgan fingerprint density at radius 3 is 2.43 bits per heavy atom. The highest BCUT2D eigenvalue weighted by Gasteiger charge is 2.21. The number of thiophene rings is 1. The topological polar surface area (TPSA) is 46.0 Å². The zero-order valence-electron chi connectivity index (χ0n) is 16.1. The Morgan fingerprint density at radius 2 is 1.70 bits per heavy atom. The number of halogens is 2. The Labute approximate surface area is 191 Å². The third-order valence-corrected chi connectivity index (χ3v) is 7.83. The van der Waals surface area contributed by atoms with Crippen LogP contribution in [0.15, 0.2) is 48.5 Å². The van der Waals surface area contributed by atoms with Gasteiger partial charge in [-0.05, 0) is 36.2 Å². The monoisotopic (exact) mass is 470 g/mol. The fourth-order valence-corrected chi connectivity index (χ4v) is 5.94. The van der Waals surface area contributed by atoms with Gasteiger partial charge < -0.3 is 5.11 Å². The van der Waals surface area contributed by atoms with E-state index >= 15 is 0 Å². The van der Waals surface area contributed by atoms with Crippen molar-refractivity contribution in [1.29, 1.82) is 0 Å². The first kappa shape index (κ1) is 19.8. The molecule has 3 heterocycles. The summed E-state index contributed by atoms with van der Waals surface area (Å²) in [6.45, 7) is 4.36. The minimum Gasteiger partial charge on any atom is -0.507 e. The summed E-state index contributed by atoms with van der Waals surface area (Å²) in [7, 11) is 0. The molecule has 7 heteroatoms. The quantitative estimate of drug-likeness (QED) is 0.287. The fraction of sp³-hybridized carbons (Fsp3) is 0.130. The molecule has 0 spiro atoms. The number of phenols is 1. The molecule has 0 fully saturated rings. The van der Waals surface area contributed by atoms with Crippen molar-refractivity contribution in [1.82, 2.24) is 9.97 Å². The van der Waals surface area contributed by atoms with E-state index in [1.54, 1.807) is 23.5 Å². The number of rotatable bonds is 3. The molecule has 0 atom stereocenters. The summed E-state index contributed by atoms with van der Waals surface area (Å²) in [5, 5.41) is 13.3. The predicted molar refractivity (Wildman–Crippen MR) is 129 cm³/mol. The Hall–Kier alpha value is -2.18. The molecule has 0 aliphatic heterocycles. The maximum absolute atomic E-state index is 10.4. The van der Waals surface area contributed by atoms with Gasteiger partial charge >= 0.3 is 0 Å². The van der Waals surface area contributed by atoms with Gasteiger partial charge in [0.05, 0.1) is 5.56 Å². The van der Waals surface area contributed by atoms with Gasteiger partial charge in [-0.15, -0.1) is 11.3 Å². The molecule has 0 saturated heterocycles. The first-order valence-electron chi connectivity index (χ1n) is 9.40. The second-order valence-electron chi connectivity index (χ2n) is 7.32. The van der Waals surface area contributed by atoms with E-state index in [2.05, 4.69) is 19.9 Å². The van der Waals surface area contributed by atoms with Crippen molar-refractivity contribution >= 4 is 66.4 Å². The van der Waals surface area contributed by atoms with Crippen LogP contribution >= 0.6 is 45.9 Å². The Morgan fingerprint density at radius 1 is 0.900 bits per heavy atom. The van der Waals surface area contributed by atoms with E-state index in [0.717, 1.165) is 31.7 Å². The van der Waals surface area contributed by atoms with E-state index in [9.17, 15) is 5.11 Å². The summed E-state index contributed by atoms with van der Waals surface area (Å²) in [6, 6.07) is 15.1. The van der Waals surface area contributed by atoms with Crippen molar-refractivity contribution in [2.75, 3.05) is 0 Å². The smallest absolute Gasteiger partial charge is 0.146 e. The summed E-state index contributed by atoms with van der Waals surface area (Å²) in [6.07, 6.45) is 0. The second kappa shape index (κ2) is 7.50. The number of aromatic hydroxyl groups is 1. The van der Waals surface area contributed by atoms with Gasteiger partial charge in [-0.2, -0.15) is 0 Å². The standard InChI is InChI=1S/C23H16Cl2N2OS2/c1-11(2)18-10-15-19(13-5-3-4-6-16(13)25)20-23(27-22(15)29-18)30-21(26-20)14-8-7-12(24)9-17(14)28/h3-11,28H,1-2H3. The fourth-order valence-electron chi connectivity index (χ4n) is 3.45. The molecule has 5 rings (SSSR count). The number of hydrogen-bond acceptors (Lipinski definition) is 5. The minimum atomic E-state index is 0.102. The van der Waals surface area contributed by atoms with Crippen LogP contribution in [0.2, 0.25) is 10.0 Å². The molecule has 0 bridgehead atoms. The zero-order valence-corrected chi connectivity index (χ0v) is 19.3. The molecule has 0 amide bonds. The lowest BCUT2D eigenvalue weighted by Crippen LogP contribution is -1.86. The largest absolute Gasteiger partial charge is 0.507 e. The lowest BCUT2D eigenvalue weighted by molar-refractivity contribution is 0.477. The van der Waals surface area contributed by atoms with E-state index in [-0.39, 0.29) is 5.75 Å². The minimum absolute atomic E-state index is 0.102. The summed E-state index contributed by atoms with van der Waals surface area (Å²) < 4.78 is 0. The molecule has 3 nitrogen and oxygen atoms in total. The molecule has 1 N–H and O–H groups in total. The van der Waals surface area contributed by atoms with Gasteiger partial charge in [0.2, 0.25) is 0 Å². The normalized spacial score (nSPS) is 11.8. The molecule has 0 saturated carbocycles. The third-order valence-electron chi connectivity index (χ3n) is 4.95. The third kappa shape index (κ3) is 3.26. The van der Waals surface area contributed by atoms with Crippen molar-refractivity contribution in [3.05, 3.63) is 63.5 Å². The highest BCUT2D eigenvalue weighted by Crippen LogP contribution is 2.45. The van der Waals surface area contributed by atoms with Gasteiger partial charge in [0.25, 0.3) is 0 Å². The lowest BCUT2D eigenvalue weighted by atomic mass is 10.0. The molecule has 30 heavy (non-hydrogen) atoms. The molecule has 0 radical (unpaired) electrons. The van der Waals surface area contributed by atoms with Crippen LogP contribution in [-0.4, -0.2) is 15.1 Å². The number of hydrogen-bond donors (Lipinski definition) is 1. The van der Waals surface area contributed by atoms with E-state index in [1.807, 2.05) is 24.3 Å². The molecule has 2 aromatic carbocycles. The van der Waals surface area contributed by atoms with Crippen LogP contribution in [0.1, 0.15) is 24.6 Å². The first-order valence-corrected chi connectivity index (χ1v) is 11.8. The van der Waals surface area contributed by atoms with Crippen LogP contribution in [-0.2, 0) is 0 Å². The molecule has 0 unspecified atom stereocenters. The van der Waals surface area contributed by atoms with Crippen LogP contribution in [0.25, 0.3) is 42.3 Å². The molecule has 0 aliphatic carbocycles. The number of aromatic nitrogens is 2. The highest BCUT2D eigenvalue weighted by atomic mass is 35.5. The predicted octanol–water partition coefficient (Wildman–Crippen LogP) is 8.38. The average molecular weight is 471 g/mol.